The Kier molecular flexibility index (Phi) is 3.06. The van der Waals surface area contributed by atoms with E-state index >= 15 is 0 Å². The van der Waals surface area contributed by atoms with Gasteiger partial charge in [0.15, 0.2) is 0 Å². The van der Waals surface area contributed by atoms with E-state index in [9.17, 15) is 0 Å². The summed E-state index contributed by atoms with van der Waals surface area (Å²) in [5, 5.41) is 3.54. The van der Waals surface area contributed by atoms with Crippen molar-refractivity contribution < 1.29 is 0 Å². The van der Waals surface area contributed by atoms with Gasteiger partial charge >= 0.3 is 0 Å². The van der Waals surface area contributed by atoms with E-state index in [2.05, 4.69) is 35.5 Å². The zero-order valence-electron chi connectivity index (χ0n) is 10.7. The number of nitrogens with one attached hydrogen (secondary N) is 1. The van der Waals surface area contributed by atoms with Crippen LogP contribution in [0, 0.1) is 0 Å². The first kappa shape index (κ1) is 11.1. The molecule has 3 rings (SSSR count). The summed E-state index contributed by atoms with van der Waals surface area (Å²) >= 11 is 0. The number of fused-ring (bicyclic) bond motifs is 1. The minimum atomic E-state index is 0.778. The van der Waals surface area contributed by atoms with Crippen molar-refractivity contribution in [3.05, 3.63) is 29.3 Å². The minimum Gasteiger partial charge on any atom is -0.385 e. The molecule has 0 saturated carbocycles. The van der Waals surface area contributed by atoms with E-state index in [1.54, 1.807) is 5.56 Å². The number of piperidine rings is 1. The second kappa shape index (κ2) is 4.69. The average molecular weight is 230 g/mol. The van der Waals surface area contributed by atoms with Crippen molar-refractivity contribution in [1.29, 1.82) is 0 Å². The Hall–Kier alpha value is -1.02. The highest BCUT2D eigenvalue weighted by Crippen LogP contribution is 2.31. The lowest BCUT2D eigenvalue weighted by Crippen LogP contribution is -2.29. The maximum atomic E-state index is 3.54. The molecule has 1 N–H and O–H groups in total. The fourth-order valence-corrected chi connectivity index (χ4v) is 3.07. The molecule has 2 aliphatic rings. The highest BCUT2D eigenvalue weighted by molar-refractivity contribution is 5.55. The van der Waals surface area contributed by atoms with Crippen molar-refractivity contribution in [3.8, 4) is 0 Å². The fraction of sp³-hybridized carbons (Fsp3) is 0.600. The molecule has 1 aromatic carbocycles. The van der Waals surface area contributed by atoms with Crippen LogP contribution in [-0.4, -0.2) is 31.6 Å². The van der Waals surface area contributed by atoms with E-state index < -0.39 is 0 Å². The van der Waals surface area contributed by atoms with Crippen molar-refractivity contribution >= 4 is 5.69 Å². The molecule has 1 fully saturated rings. The van der Waals surface area contributed by atoms with Crippen molar-refractivity contribution in [2.45, 2.75) is 31.6 Å². The fourth-order valence-electron chi connectivity index (χ4n) is 3.07. The molecule has 0 unspecified atom stereocenters. The first-order chi connectivity index (χ1) is 8.33. The number of hydrogen-bond donors (Lipinski definition) is 1. The van der Waals surface area contributed by atoms with Crippen molar-refractivity contribution in [3.63, 3.8) is 0 Å². The third-order valence-electron chi connectivity index (χ3n) is 4.26. The summed E-state index contributed by atoms with van der Waals surface area (Å²) in [5.41, 5.74) is 4.45. The van der Waals surface area contributed by atoms with Crippen LogP contribution >= 0.6 is 0 Å². The van der Waals surface area contributed by atoms with Gasteiger partial charge in [0.25, 0.3) is 0 Å². The summed E-state index contributed by atoms with van der Waals surface area (Å²) in [6.07, 6.45) is 5.15. The van der Waals surface area contributed by atoms with Gasteiger partial charge in [-0.25, -0.2) is 0 Å². The number of likely N-dealkylation sites (tertiary alicyclic amines) is 1. The quantitative estimate of drug-likeness (QED) is 0.798. The van der Waals surface area contributed by atoms with Crippen LogP contribution in [0.25, 0.3) is 0 Å². The molecule has 0 bridgehead atoms. The Morgan fingerprint density at radius 2 is 2.06 bits per heavy atom. The number of anilines is 1. The van der Waals surface area contributed by atoms with Crippen molar-refractivity contribution in [2.24, 2.45) is 0 Å². The van der Waals surface area contributed by atoms with Crippen LogP contribution in [0.5, 0.6) is 0 Å². The zero-order chi connectivity index (χ0) is 11.7. The number of benzene rings is 1. The summed E-state index contributed by atoms with van der Waals surface area (Å²) in [4.78, 5) is 2.44. The third kappa shape index (κ3) is 2.32. The second-order valence-electron chi connectivity index (χ2n) is 5.52. The molecule has 2 heterocycles. The molecular weight excluding hydrogens is 208 g/mol. The first-order valence-electron chi connectivity index (χ1n) is 6.88. The Morgan fingerprint density at radius 3 is 2.88 bits per heavy atom. The monoisotopic (exact) mass is 230 g/mol. The molecule has 2 aliphatic heterocycles. The van der Waals surface area contributed by atoms with Gasteiger partial charge in [0.2, 0.25) is 0 Å². The molecule has 0 atom stereocenters. The summed E-state index contributed by atoms with van der Waals surface area (Å²) < 4.78 is 0. The molecule has 0 radical (unpaired) electrons. The standard InChI is InChI=1S/C15H22N2/c1-17-9-6-12(7-10-17)14-5-4-13-3-2-8-16-15(13)11-14/h4-5,11-12,16H,2-3,6-10H2,1H3. The van der Waals surface area contributed by atoms with E-state index in [1.165, 1.54) is 50.0 Å². The van der Waals surface area contributed by atoms with Crippen LogP contribution < -0.4 is 5.32 Å². The molecule has 2 nitrogen and oxygen atoms in total. The number of nitrogens with zero attached hydrogens (tertiary/aromatic N) is 1. The highest BCUT2D eigenvalue weighted by Gasteiger charge is 2.19. The van der Waals surface area contributed by atoms with Gasteiger partial charge in [-0.15, -0.1) is 0 Å². The molecule has 2 heteroatoms. The van der Waals surface area contributed by atoms with Gasteiger partial charge in [-0.1, -0.05) is 12.1 Å². The lowest BCUT2D eigenvalue weighted by molar-refractivity contribution is 0.255. The van der Waals surface area contributed by atoms with Gasteiger partial charge in [0, 0.05) is 12.2 Å². The first-order valence-corrected chi connectivity index (χ1v) is 6.88. The van der Waals surface area contributed by atoms with E-state index in [-0.39, 0.29) is 0 Å². The predicted molar refractivity (Wildman–Crippen MR) is 72.7 cm³/mol. The molecular formula is C15H22N2. The smallest absolute Gasteiger partial charge is 0.0375 e. The third-order valence-corrected chi connectivity index (χ3v) is 4.26. The van der Waals surface area contributed by atoms with Gasteiger partial charge in [0.1, 0.15) is 0 Å². The maximum Gasteiger partial charge on any atom is 0.0375 e. The molecule has 0 amide bonds. The second-order valence-corrected chi connectivity index (χ2v) is 5.52. The molecule has 0 spiro atoms. The van der Waals surface area contributed by atoms with E-state index in [1.807, 2.05) is 0 Å². The van der Waals surface area contributed by atoms with E-state index in [0.717, 1.165) is 12.5 Å². The normalized spacial score (nSPS) is 21.9. The molecule has 0 aromatic heterocycles. The van der Waals surface area contributed by atoms with Gasteiger partial charge < -0.3 is 10.2 Å². The van der Waals surface area contributed by atoms with Gasteiger partial charge in [-0.05, 0) is 68.9 Å². The largest absolute Gasteiger partial charge is 0.385 e. The van der Waals surface area contributed by atoms with Crippen LogP contribution in [0.2, 0.25) is 0 Å². The summed E-state index contributed by atoms with van der Waals surface area (Å²) in [7, 11) is 2.23. The average Bonchev–Trinajstić information content (AvgIpc) is 2.39. The number of aryl methyl sites for hydroxylation is 1. The summed E-state index contributed by atoms with van der Waals surface area (Å²) in [6.45, 7) is 3.63. The lowest BCUT2D eigenvalue weighted by Gasteiger charge is -2.30. The number of hydrogen-bond acceptors (Lipinski definition) is 2. The maximum absolute atomic E-state index is 3.54. The lowest BCUT2D eigenvalue weighted by atomic mass is 9.88. The predicted octanol–water partition coefficient (Wildman–Crippen LogP) is 2.85. The van der Waals surface area contributed by atoms with Gasteiger partial charge in [-0.2, -0.15) is 0 Å². The SMILES string of the molecule is CN1CCC(c2ccc3c(c2)NCCC3)CC1. The van der Waals surface area contributed by atoms with Crippen molar-refractivity contribution in [1.82, 2.24) is 4.90 Å². The summed E-state index contributed by atoms with van der Waals surface area (Å²) in [6, 6.07) is 7.11. The minimum absolute atomic E-state index is 0.778. The topological polar surface area (TPSA) is 15.3 Å². The Balaban J connectivity index is 1.79. The van der Waals surface area contributed by atoms with E-state index in [0.29, 0.717) is 0 Å². The summed E-state index contributed by atoms with van der Waals surface area (Å²) in [5.74, 6) is 0.778. The number of rotatable bonds is 1. The Labute approximate surface area is 104 Å². The Bertz CT molecular complexity index is 392. The van der Waals surface area contributed by atoms with Crippen LogP contribution in [0.4, 0.5) is 5.69 Å². The van der Waals surface area contributed by atoms with Gasteiger partial charge in [0.05, 0.1) is 0 Å². The highest BCUT2D eigenvalue weighted by atomic mass is 15.1. The molecule has 92 valence electrons. The van der Waals surface area contributed by atoms with Crippen LogP contribution in [0.1, 0.15) is 36.3 Å². The van der Waals surface area contributed by atoms with Crippen LogP contribution in [0.3, 0.4) is 0 Å². The Morgan fingerprint density at radius 1 is 1.24 bits per heavy atom. The molecule has 17 heavy (non-hydrogen) atoms. The molecule has 1 saturated heterocycles. The molecule has 1 aromatic rings. The van der Waals surface area contributed by atoms with E-state index in [4.69, 9.17) is 0 Å². The van der Waals surface area contributed by atoms with Crippen LogP contribution in [0.15, 0.2) is 18.2 Å². The van der Waals surface area contributed by atoms with Gasteiger partial charge in [-0.3, -0.25) is 0 Å². The van der Waals surface area contributed by atoms with Crippen LogP contribution in [-0.2, 0) is 6.42 Å². The molecule has 0 aliphatic carbocycles. The van der Waals surface area contributed by atoms with Crippen molar-refractivity contribution in [2.75, 3.05) is 32.0 Å². The zero-order valence-corrected chi connectivity index (χ0v) is 10.7.